The Morgan fingerprint density at radius 3 is 2.41 bits per heavy atom. The lowest BCUT2D eigenvalue weighted by atomic mass is 10.1. The highest BCUT2D eigenvalue weighted by Gasteiger charge is 2.16. The Morgan fingerprint density at radius 1 is 1.07 bits per heavy atom. The molecule has 1 heterocycles. The van der Waals surface area contributed by atoms with Gasteiger partial charge in [0.1, 0.15) is 0 Å². The number of nitrogens with two attached hydrogens (primary N) is 1. The van der Waals surface area contributed by atoms with Gasteiger partial charge >= 0.3 is 0 Å². The number of rotatable bonds is 5. The van der Waals surface area contributed by atoms with Crippen LogP contribution in [0.25, 0.3) is 0 Å². The number of guanidine groups is 1. The molecule has 0 amide bonds. The highest BCUT2D eigenvalue weighted by molar-refractivity contribution is 5.92. The molecule has 5 heteroatoms. The quantitative estimate of drug-likeness (QED) is 0.561. The van der Waals surface area contributed by atoms with Crippen molar-refractivity contribution < 1.29 is 5.11 Å². The lowest BCUT2D eigenvalue weighted by Gasteiger charge is -2.29. The fourth-order valence-electron chi connectivity index (χ4n) is 3.27. The number of aliphatic hydroxyl groups excluding tert-OH is 1. The van der Waals surface area contributed by atoms with E-state index < -0.39 is 0 Å². The van der Waals surface area contributed by atoms with Gasteiger partial charge < -0.3 is 16.2 Å². The van der Waals surface area contributed by atoms with Crippen molar-refractivity contribution in [2.24, 2.45) is 10.7 Å². The van der Waals surface area contributed by atoms with Gasteiger partial charge in [-0.1, -0.05) is 30.3 Å². The van der Waals surface area contributed by atoms with E-state index in [1.165, 1.54) is 16.7 Å². The fourth-order valence-corrected chi connectivity index (χ4v) is 3.27. The summed E-state index contributed by atoms with van der Waals surface area (Å²) in [7, 11) is 0. The van der Waals surface area contributed by atoms with Gasteiger partial charge in [0.05, 0.1) is 12.6 Å². The number of aryl methyl sites for hydroxylation is 2. The van der Waals surface area contributed by atoms with Crippen molar-refractivity contribution in [1.82, 2.24) is 4.90 Å². The molecule has 5 nitrogen and oxygen atoms in total. The molecule has 1 fully saturated rings. The maximum atomic E-state index is 9.60. The van der Waals surface area contributed by atoms with Gasteiger partial charge in [0.25, 0.3) is 0 Å². The Kier molecular flexibility index (Phi) is 6.48. The van der Waals surface area contributed by atoms with Gasteiger partial charge in [-0.05, 0) is 61.1 Å². The summed E-state index contributed by atoms with van der Waals surface area (Å²) in [5.74, 6) is 0.425. The van der Waals surface area contributed by atoms with Gasteiger partial charge in [-0.25, -0.2) is 4.99 Å². The van der Waals surface area contributed by atoms with Gasteiger partial charge in [0, 0.05) is 25.3 Å². The SMILES string of the molecule is Cc1ccc(NC(N)=NCc2ccc(CN3CCC(O)CC3)cc2)cc1C. The topological polar surface area (TPSA) is 73.9 Å². The highest BCUT2D eigenvalue weighted by atomic mass is 16.3. The monoisotopic (exact) mass is 366 g/mol. The standard InChI is InChI=1S/C22H30N4O/c1-16-3-8-20(13-17(16)2)25-22(23)24-14-18-4-6-19(7-5-18)15-26-11-9-21(27)10-12-26/h3-8,13,21,27H,9-12,14-15H2,1-2H3,(H3,23,24,25). The molecule has 0 radical (unpaired) electrons. The van der Waals surface area contributed by atoms with Crippen LogP contribution in [0.4, 0.5) is 5.69 Å². The average molecular weight is 367 g/mol. The van der Waals surface area contributed by atoms with Crippen molar-refractivity contribution in [1.29, 1.82) is 0 Å². The molecule has 0 aromatic heterocycles. The summed E-state index contributed by atoms with van der Waals surface area (Å²) in [4.78, 5) is 6.83. The largest absolute Gasteiger partial charge is 0.393 e. The van der Waals surface area contributed by atoms with Crippen molar-refractivity contribution >= 4 is 11.6 Å². The maximum Gasteiger partial charge on any atom is 0.193 e. The second-order valence-electron chi connectivity index (χ2n) is 7.45. The van der Waals surface area contributed by atoms with E-state index in [0.29, 0.717) is 12.5 Å². The van der Waals surface area contributed by atoms with E-state index in [9.17, 15) is 5.11 Å². The third kappa shape index (κ3) is 5.81. The molecule has 1 aliphatic heterocycles. The number of aliphatic imine (C=N–C) groups is 1. The zero-order valence-electron chi connectivity index (χ0n) is 16.3. The van der Waals surface area contributed by atoms with Gasteiger partial charge in [-0.2, -0.15) is 0 Å². The number of hydrogen-bond acceptors (Lipinski definition) is 3. The third-order valence-corrected chi connectivity index (χ3v) is 5.20. The van der Waals surface area contributed by atoms with Crippen LogP contribution in [-0.4, -0.2) is 35.2 Å². The summed E-state index contributed by atoms with van der Waals surface area (Å²) in [6.45, 7) is 7.60. The first-order valence-electron chi connectivity index (χ1n) is 9.62. The molecule has 0 unspecified atom stereocenters. The van der Waals surface area contributed by atoms with Crippen LogP contribution in [0, 0.1) is 13.8 Å². The number of benzene rings is 2. The summed E-state index contributed by atoms with van der Waals surface area (Å²) < 4.78 is 0. The lowest BCUT2D eigenvalue weighted by molar-refractivity contribution is 0.0792. The molecule has 0 atom stereocenters. The minimum Gasteiger partial charge on any atom is -0.393 e. The van der Waals surface area contributed by atoms with Crippen LogP contribution < -0.4 is 11.1 Å². The van der Waals surface area contributed by atoms with Crippen LogP contribution in [0.2, 0.25) is 0 Å². The van der Waals surface area contributed by atoms with Crippen molar-refractivity contribution in [3.05, 3.63) is 64.7 Å². The van der Waals surface area contributed by atoms with Crippen molar-refractivity contribution in [2.75, 3.05) is 18.4 Å². The van der Waals surface area contributed by atoms with Crippen molar-refractivity contribution in [3.63, 3.8) is 0 Å². The number of piperidine rings is 1. The number of nitrogens with zero attached hydrogens (tertiary/aromatic N) is 2. The first-order valence-corrected chi connectivity index (χ1v) is 9.62. The van der Waals surface area contributed by atoms with Crippen LogP contribution in [0.1, 0.15) is 35.1 Å². The molecule has 0 aliphatic carbocycles. The van der Waals surface area contributed by atoms with Crippen LogP contribution in [-0.2, 0) is 13.1 Å². The molecule has 2 aromatic rings. The first kappa shape index (κ1) is 19.4. The van der Waals surface area contributed by atoms with Crippen molar-refractivity contribution in [2.45, 2.75) is 45.9 Å². The van der Waals surface area contributed by atoms with Gasteiger partial charge in [-0.3, -0.25) is 4.90 Å². The minimum atomic E-state index is -0.121. The van der Waals surface area contributed by atoms with E-state index in [1.54, 1.807) is 0 Å². The summed E-state index contributed by atoms with van der Waals surface area (Å²) in [6.07, 6.45) is 1.63. The number of anilines is 1. The van der Waals surface area contributed by atoms with E-state index in [1.807, 2.05) is 6.07 Å². The zero-order chi connectivity index (χ0) is 19.2. The van der Waals surface area contributed by atoms with E-state index in [2.05, 4.69) is 65.5 Å². The predicted molar refractivity (Wildman–Crippen MR) is 112 cm³/mol. The molecule has 1 saturated heterocycles. The minimum absolute atomic E-state index is 0.121. The van der Waals surface area contributed by atoms with E-state index >= 15 is 0 Å². The zero-order valence-corrected chi connectivity index (χ0v) is 16.3. The highest BCUT2D eigenvalue weighted by Crippen LogP contribution is 2.15. The molecule has 1 aliphatic rings. The molecule has 0 bridgehead atoms. The third-order valence-electron chi connectivity index (χ3n) is 5.20. The Balaban J connectivity index is 1.51. The fraction of sp³-hybridized carbons (Fsp3) is 0.409. The predicted octanol–water partition coefficient (Wildman–Crippen LogP) is 3.19. The molecule has 144 valence electrons. The number of aliphatic hydroxyl groups is 1. The maximum absolute atomic E-state index is 9.60. The molecular formula is C22H30N4O. The summed E-state index contributed by atoms with van der Waals surface area (Å²) in [6, 6.07) is 14.7. The smallest absolute Gasteiger partial charge is 0.193 e. The average Bonchev–Trinajstić information content (AvgIpc) is 2.66. The van der Waals surface area contributed by atoms with Crippen LogP contribution in [0.5, 0.6) is 0 Å². The van der Waals surface area contributed by atoms with E-state index in [4.69, 9.17) is 5.73 Å². The Bertz CT molecular complexity index is 777. The molecule has 4 N–H and O–H groups in total. The van der Waals surface area contributed by atoms with Crippen LogP contribution in [0.15, 0.2) is 47.5 Å². The Labute approximate surface area is 161 Å². The molecule has 0 spiro atoms. The van der Waals surface area contributed by atoms with Crippen LogP contribution >= 0.6 is 0 Å². The number of nitrogens with one attached hydrogen (secondary N) is 1. The summed E-state index contributed by atoms with van der Waals surface area (Å²) in [5.41, 5.74) is 11.9. The Hall–Kier alpha value is -2.37. The molecule has 2 aromatic carbocycles. The van der Waals surface area contributed by atoms with Gasteiger partial charge in [-0.15, -0.1) is 0 Å². The Morgan fingerprint density at radius 2 is 1.74 bits per heavy atom. The van der Waals surface area contributed by atoms with E-state index in [-0.39, 0.29) is 6.10 Å². The normalized spacial score (nSPS) is 16.5. The van der Waals surface area contributed by atoms with Gasteiger partial charge in [0.15, 0.2) is 5.96 Å². The van der Waals surface area contributed by atoms with E-state index in [0.717, 1.165) is 43.7 Å². The lowest BCUT2D eigenvalue weighted by Crippen LogP contribution is -2.35. The summed E-state index contributed by atoms with van der Waals surface area (Å²) >= 11 is 0. The molecule has 27 heavy (non-hydrogen) atoms. The molecule has 0 saturated carbocycles. The second-order valence-corrected chi connectivity index (χ2v) is 7.45. The summed E-state index contributed by atoms with van der Waals surface area (Å²) in [5, 5.41) is 12.7. The number of hydrogen-bond donors (Lipinski definition) is 3. The van der Waals surface area contributed by atoms with Crippen molar-refractivity contribution in [3.8, 4) is 0 Å². The van der Waals surface area contributed by atoms with Gasteiger partial charge in [0.2, 0.25) is 0 Å². The van der Waals surface area contributed by atoms with Crippen LogP contribution in [0.3, 0.4) is 0 Å². The second kappa shape index (κ2) is 9.02. The first-order chi connectivity index (χ1) is 13.0. The molecular weight excluding hydrogens is 336 g/mol. The molecule has 3 rings (SSSR count). The number of likely N-dealkylation sites (tertiary alicyclic amines) is 1.